The van der Waals surface area contributed by atoms with Gasteiger partial charge in [-0.1, -0.05) is 28.1 Å². The fourth-order valence-electron chi connectivity index (χ4n) is 1.28. The number of hydrogen-bond acceptors (Lipinski definition) is 2. The van der Waals surface area contributed by atoms with E-state index in [9.17, 15) is 18.0 Å². The molecular formula is C12H12BrF3O2. The third-order valence-corrected chi connectivity index (χ3v) is 2.78. The molecule has 0 N–H and O–H groups in total. The molecule has 1 unspecified atom stereocenters. The quantitative estimate of drug-likeness (QED) is 0.765. The first-order chi connectivity index (χ1) is 8.29. The molecule has 0 fully saturated rings. The van der Waals surface area contributed by atoms with Gasteiger partial charge in [-0.15, -0.1) is 0 Å². The molecule has 0 radical (unpaired) electrons. The van der Waals surface area contributed by atoms with Crippen molar-refractivity contribution in [2.75, 3.05) is 6.61 Å². The summed E-state index contributed by atoms with van der Waals surface area (Å²) in [5.41, 5.74) is 0.415. The number of ketones is 1. The minimum absolute atomic E-state index is 0.329. The smallest absolute Gasteiger partial charge is 0.370 e. The van der Waals surface area contributed by atoms with Crippen LogP contribution in [0.3, 0.4) is 0 Å². The van der Waals surface area contributed by atoms with Crippen LogP contribution in [0.15, 0.2) is 28.7 Å². The summed E-state index contributed by atoms with van der Waals surface area (Å²) in [6.45, 7) is 0.938. The van der Waals surface area contributed by atoms with Crippen LogP contribution in [-0.2, 0) is 4.74 Å². The summed E-state index contributed by atoms with van der Waals surface area (Å²) in [5, 5.41) is 0. The van der Waals surface area contributed by atoms with Gasteiger partial charge in [0.05, 0.1) is 13.0 Å². The molecule has 0 aliphatic rings. The first-order valence-electron chi connectivity index (χ1n) is 5.28. The first kappa shape index (κ1) is 15.2. The third kappa shape index (κ3) is 5.18. The van der Waals surface area contributed by atoms with Gasteiger partial charge in [0, 0.05) is 10.0 Å². The molecule has 18 heavy (non-hydrogen) atoms. The van der Waals surface area contributed by atoms with Gasteiger partial charge in [0.1, 0.15) is 6.10 Å². The van der Waals surface area contributed by atoms with Crippen molar-refractivity contribution in [3.05, 3.63) is 34.3 Å². The highest BCUT2D eigenvalue weighted by Gasteiger charge is 2.27. The molecule has 100 valence electrons. The predicted octanol–water partition coefficient (Wildman–Crippen LogP) is 3.99. The van der Waals surface area contributed by atoms with Gasteiger partial charge in [0.25, 0.3) is 0 Å². The van der Waals surface area contributed by atoms with E-state index in [1.54, 1.807) is 24.3 Å². The van der Waals surface area contributed by atoms with Crippen molar-refractivity contribution in [2.45, 2.75) is 25.6 Å². The van der Waals surface area contributed by atoms with E-state index in [-0.39, 0.29) is 5.78 Å². The van der Waals surface area contributed by atoms with Crippen molar-refractivity contribution < 1.29 is 22.7 Å². The van der Waals surface area contributed by atoms with Crippen LogP contribution >= 0.6 is 15.9 Å². The molecule has 0 aliphatic heterocycles. The average molecular weight is 325 g/mol. The largest absolute Gasteiger partial charge is 0.391 e. The molecule has 1 atom stereocenters. The fraction of sp³-hybridized carbons (Fsp3) is 0.417. The number of alkyl halides is 3. The Bertz CT molecular complexity index is 401. The van der Waals surface area contributed by atoms with Crippen molar-refractivity contribution in [1.29, 1.82) is 0 Å². The lowest BCUT2D eigenvalue weighted by atomic mass is 10.1. The van der Waals surface area contributed by atoms with Gasteiger partial charge >= 0.3 is 6.18 Å². The Morgan fingerprint density at radius 2 is 1.89 bits per heavy atom. The number of benzene rings is 1. The number of halogens is 4. The molecule has 0 saturated heterocycles. The molecule has 0 saturated carbocycles. The first-order valence-corrected chi connectivity index (χ1v) is 6.07. The van der Waals surface area contributed by atoms with Gasteiger partial charge in [0.15, 0.2) is 5.78 Å². The van der Waals surface area contributed by atoms with E-state index in [1.165, 1.54) is 6.92 Å². The van der Waals surface area contributed by atoms with E-state index >= 15 is 0 Å². The number of ether oxygens (including phenoxy) is 1. The Balaban J connectivity index is 2.49. The molecule has 2 nitrogen and oxygen atoms in total. The highest BCUT2D eigenvalue weighted by Crippen LogP contribution is 2.20. The molecule has 1 aromatic carbocycles. The van der Waals surface area contributed by atoms with Crippen LogP contribution in [-0.4, -0.2) is 24.7 Å². The maximum Gasteiger partial charge on any atom is 0.391 e. The van der Waals surface area contributed by atoms with Crippen molar-refractivity contribution >= 4 is 21.7 Å². The number of hydrogen-bond donors (Lipinski definition) is 0. The lowest BCUT2D eigenvalue weighted by Crippen LogP contribution is -2.23. The molecule has 1 aromatic rings. The van der Waals surface area contributed by atoms with E-state index in [1.807, 2.05) is 0 Å². The third-order valence-electron chi connectivity index (χ3n) is 2.25. The van der Waals surface area contributed by atoms with Crippen LogP contribution in [0.4, 0.5) is 13.2 Å². The number of carbonyl (C=O) groups is 1. The fourth-order valence-corrected chi connectivity index (χ4v) is 1.54. The summed E-state index contributed by atoms with van der Waals surface area (Å²) in [5.74, 6) is -0.329. The lowest BCUT2D eigenvalue weighted by molar-refractivity contribution is -0.146. The van der Waals surface area contributed by atoms with Crippen LogP contribution in [0.2, 0.25) is 0 Å². The van der Waals surface area contributed by atoms with E-state index in [0.717, 1.165) is 4.47 Å². The van der Waals surface area contributed by atoms with Crippen LogP contribution in [0.5, 0.6) is 0 Å². The monoisotopic (exact) mass is 324 g/mol. The Morgan fingerprint density at radius 1 is 1.33 bits per heavy atom. The van der Waals surface area contributed by atoms with Crippen LogP contribution in [0, 0.1) is 0 Å². The average Bonchev–Trinajstić information content (AvgIpc) is 2.27. The van der Waals surface area contributed by atoms with Gasteiger partial charge < -0.3 is 4.74 Å². The van der Waals surface area contributed by atoms with Crippen molar-refractivity contribution in [1.82, 2.24) is 0 Å². The summed E-state index contributed by atoms with van der Waals surface area (Å²) in [6.07, 6.45) is -6.20. The Labute approximate surface area is 111 Å². The van der Waals surface area contributed by atoms with Crippen molar-refractivity contribution in [2.24, 2.45) is 0 Å². The highest BCUT2D eigenvalue weighted by atomic mass is 79.9. The van der Waals surface area contributed by atoms with Gasteiger partial charge in [-0.2, -0.15) is 13.2 Å². The second-order valence-corrected chi connectivity index (χ2v) is 4.67. The van der Waals surface area contributed by atoms with Crippen molar-refractivity contribution in [3.63, 3.8) is 0 Å². The summed E-state index contributed by atoms with van der Waals surface area (Å²) in [4.78, 5) is 11.8. The molecular weight excluding hydrogens is 313 g/mol. The molecule has 0 aliphatic carbocycles. The zero-order valence-corrected chi connectivity index (χ0v) is 11.2. The van der Waals surface area contributed by atoms with E-state index < -0.39 is 25.3 Å². The predicted molar refractivity (Wildman–Crippen MR) is 64.6 cm³/mol. The zero-order chi connectivity index (χ0) is 13.8. The van der Waals surface area contributed by atoms with E-state index in [4.69, 9.17) is 4.74 Å². The van der Waals surface area contributed by atoms with Crippen LogP contribution < -0.4 is 0 Å². The topological polar surface area (TPSA) is 26.3 Å². The van der Waals surface area contributed by atoms with Gasteiger partial charge in [-0.05, 0) is 19.1 Å². The summed E-state index contributed by atoms with van der Waals surface area (Å²) in [7, 11) is 0. The lowest BCUT2D eigenvalue weighted by Gasteiger charge is -2.13. The Kier molecular flexibility index (Phi) is 5.34. The molecule has 0 heterocycles. The Morgan fingerprint density at radius 3 is 2.39 bits per heavy atom. The highest BCUT2D eigenvalue weighted by molar-refractivity contribution is 9.10. The van der Waals surface area contributed by atoms with Gasteiger partial charge in [-0.3, -0.25) is 4.79 Å². The second-order valence-electron chi connectivity index (χ2n) is 3.75. The molecule has 0 aromatic heterocycles. The summed E-state index contributed by atoms with van der Waals surface area (Å²) in [6, 6.07) is 6.57. The number of carbonyl (C=O) groups excluding carboxylic acids is 1. The maximum absolute atomic E-state index is 11.9. The minimum atomic E-state index is -4.26. The summed E-state index contributed by atoms with van der Waals surface area (Å²) < 4.78 is 41.4. The Hall–Kier alpha value is -0.880. The van der Waals surface area contributed by atoms with Crippen molar-refractivity contribution in [3.8, 4) is 0 Å². The molecule has 0 spiro atoms. The maximum atomic E-state index is 11.9. The minimum Gasteiger partial charge on any atom is -0.370 e. The normalized spacial score (nSPS) is 13.4. The number of Topliss-reactive ketones (excluding diaryl/α,β-unsaturated/α-hetero) is 1. The van der Waals surface area contributed by atoms with E-state index in [0.29, 0.717) is 5.56 Å². The van der Waals surface area contributed by atoms with Gasteiger partial charge in [0.2, 0.25) is 0 Å². The standard InChI is InChI=1S/C12H12BrF3O2/c1-8(18-7-6-12(14,15)16)11(17)9-2-4-10(13)5-3-9/h2-5,8H,6-7H2,1H3. The molecule has 0 amide bonds. The zero-order valence-electron chi connectivity index (χ0n) is 9.63. The van der Waals surface area contributed by atoms with Crippen LogP contribution in [0.25, 0.3) is 0 Å². The van der Waals surface area contributed by atoms with E-state index in [2.05, 4.69) is 15.9 Å². The SMILES string of the molecule is CC(OCCC(F)(F)F)C(=O)c1ccc(Br)cc1. The summed E-state index contributed by atoms with van der Waals surface area (Å²) >= 11 is 3.23. The molecule has 0 bridgehead atoms. The second kappa shape index (κ2) is 6.33. The molecule has 6 heteroatoms. The number of rotatable bonds is 5. The molecule has 1 rings (SSSR count). The van der Waals surface area contributed by atoms with Gasteiger partial charge in [-0.25, -0.2) is 0 Å². The van der Waals surface area contributed by atoms with Crippen LogP contribution in [0.1, 0.15) is 23.7 Å².